The average Bonchev–Trinajstić information content (AvgIpc) is 2.97. The first-order chi connectivity index (χ1) is 8.93. The first kappa shape index (κ1) is 14.8. The Morgan fingerprint density at radius 1 is 1.47 bits per heavy atom. The molecule has 0 bridgehead atoms. The molecule has 1 aromatic heterocycles. The van der Waals surface area contributed by atoms with Crippen molar-refractivity contribution in [1.29, 1.82) is 0 Å². The Morgan fingerprint density at radius 2 is 2.21 bits per heavy atom. The summed E-state index contributed by atoms with van der Waals surface area (Å²) in [6.07, 6.45) is -5.01. The van der Waals surface area contributed by atoms with E-state index in [1.54, 1.807) is 0 Å². The smallest absolute Gasteiger partial charge is 0.389 e. The molecular weight excluding hydrogens is 279 g/mol. The Bertz CT molecular complexity index is 390. The van der Waals surface area contributed by atoms with Gasteiger partial charge in [0.15, 0.2) is 0 Å². The molecule has 1 unspecified atom stereocenters. The van der Waals surface area contributed by atoms with Crippen molar-refractivity contribution in [1.82, 2.24) is 5.32 Å². The molecule has 1 saturated carbocycles. The Morgan fingerprint density at radius 3 is 2.74 bits per heavy atom. The molecule has 0 amide bonds. The maximum atomic E-state index is 12.6. The van der Waals surface area contributed by atoms with Gasteiger partial charge in [-0.25, -0.2) is 0 Å². The average molecular weight is 295 g/mol. The minimum Gasteiger partial charge on any atom is -0.389 e. The van der Waals surface area contributed by atoms with Crippen molar-refractivity contribution in [2.24, 2.45) is 0 Å². The lowest BCUT2D eigenvalue weighted by atomic mass is 10.2. The van der Waals surface area contributed by atoms with E-state index in [0.29, 0.717) is 6.61 Å². The molecule has 1 aromatic rings. The maximum Gasteiger partial charge on any atom is 0.406 e. The number of aliphatic hydroxyl groups excluding tert-OH is 1. The lowest BCUT2D eigenvalue weighted by Gasteiger charge is -2.22. The van der Waals surface area contributed by atoms with Crippen LogP contribution in [0.1, 0.15) is 17.7 Å². The number of hydrogen-bond donors (Lipinski definition) is 2. The first-order valence-electron chi connectivity index (χ1n) is 6.03. The van der Waals surface area contributed by atoms with Crippen LogP contribution in [0.25, 0.3) is 0 Å². The molecule has 0 saturated heterocycles. The lowest BCUT2D eigenvalue weighted by Crippen LogP contribution is -2.48. The standard InChI is InChI=1S/C12H16F3NO2S/c13-12(14,15)11(3-4-11)16-6-9(17)7-18-8-10-2-1-5-19-10/h1-2,5,9,16-17H,3-4,6-8H2. The monoisotopic (exact) mass is 295 g/mol. The predicted molar refractivity (Wildman–Crippen MR) is 66.0 cm³/mol. The maximum absolute atomic E-state index is 12.6. The van der Waals surface area contributed by atoms with E-state index >= 15 is 0 Å². The summed E-state index contributed by atoms with van der Waals surface area (Å²) in [5.41, 5.74) is -1.78. The number of rotatable bonds is 7. The van der Waals surface area contributed by atoms with Crippen molar-refractivity contribution < 1.29 is 23.0 Å². The third-order valence-corrected chi connectivity index (χ3v) is 3.95. The highest BCUT2D eigenvalue weighted by Gasteiger charge is 2.63. The summed E-state index contributed by atoms with van der Waals surface area (Å²) in [6.45, 7) is 0.294. The van der Waals surface area contributed by atoms with Gasteiger partial charge in [-0.1, -0.05) is 6.07 Å². The van der Waals surface area contributed by atoms with Crippen molar-refractivity contribution in [2.45, 2.75) is 37.3 Å². The van der Waals surface area contributed by atoms with E-state index in [-0.39, 0.29) is 26.0 Å². The van der Waals surface area contributed by atoms with E-state index in [0.717, 1.165) is 4.88 Å². The Hall–Kier alpha value is -0.630. The van der Waals surface area contributed by atoms with Crippen LogP contribution >= 0.6 is 11.3 Å². The summed E-state index contributed by atoms with van der Waals surface area (Å²) in [5, 5.41) is 13.9. The molecule has 1 aliphatic carbocycles. The van der Waals surface area contributed by atoms with Crippen LogP contribution in [0.4, 0.5) is 13.2 Å². The Kier molecular flexibility index (Phi) is 4.50. The van der Waals surface area contributed by atoms with Crippen molar-refractivity contribution in [3.63, 3.8) is 0 Å². The largest absolute Gasteiger partial charge is 0.406 e. The normalized spacial score (nSPS) is 19.4. The van der Waals surface area contributed by atoms with Crippen molar-refractivity contribution in [2.75, 3.05) is 13.2 Å². The third kappa shape index (κ3) is 3.92. The van der Waals surface area contributed by atoms with Crippen molar-refractivity contribution in [3.05, 3.63) is 22.4 Å². The van der Waals surface area contributed by atoms with Crippen LogP contribution in [-0.4, -0.2) is 36.1 Å². The number of β-amino-alcohol motifs (C(OH)–C–C–N with tert-alkyl or cyclic N) is 1. The SMILES string of the molecule is OC(CNC1(C(F)(F)F)CC1)COCc1cccs1. The van der Waals surface area contributed by atoms with Crippen molar-refractivity contribution in [3.8, 4) is 0 Å². The molecule has 7 heteroatoms. The molecule has 0 radical (unpaired) electrons. The van der Waals surface area contributed by atoms with Crippen LogP contribution in [0.2, 0.25) is 0 Å². The molecule has 0 aromatic carbocycles. The van der Waals surface area contributed by atoms with Gasteiger partial charge in [-0.15, -0.1) is 11.3 Å². The fourth-order valence-electron chi connectivity index (χ4n) is 1.75. The summed E-state index contributed by atoms with van der Waals surface area (Å²) in [7, 11) is 0. The van der Waals surface area contributed by atoms with Gasteiger partial charge in [-0.2, -0.15) is 13.2 Å². The fourth-order valence-corrected chi connectivity index (χ4v) is 2.39. The summed E-state index contributed by atoms with van der Waals surface area (Å²) >= 11 is 1.53. The summed E-state index contributed by atoms with van der Waals surface area (Å²) in [5.74, 6) is 0. The zero-order valence-electron chi connectivity index (χ0n) is 10.2. The highest BCUT2D eigenvalue weighted by molar-refractivity contribution is 7.09. The molecule has 1 atom stereocenters. The van der Waals surface area contributed by atoms with Gasteiger partial charge < -0.3 is 15.2 Å². The molecule has 108 valence electrons. The molecule has 1 aliphatic rings. The second kappa shape index (κ2) is 5.78. The van der Waals surface area contributed by atoms with Gasteiger partial charge in [-0.3, -0.25) is 0 Å². The van der Waals surface area contributed by atoms with Gasteiger partial charge in [0.25, 0.3) is 0 Å². The highest BCUT2D eigenvalue weighted by Crippen LogP contribution is 2.48. The molecule has 3 nitrogen and oxygen atoms in total. The van der Waals surface area contributed by atoms with Gasteiger partial charge in [0, 0.05) is 11.4 Å². The van der Waals surface area contributed by atoms with Crippen LogP contribution in [0.3, 0.4) is 0 Å². The molecule has 2 rings (SSSR count). The van der Waals surface area contributed by atoms with E-state index in [4.69, 9.17) is 4.74 Å². The van der Waals surface area contributed by atoms with Crippen LogP contribution < -0.4 is 5.32 Å². The second-order valence-corrected chi connectivity index (χ2v) is 5.74. The Balaban J connectivity index is 1.64. The van der Waals surface area contributed by atoms with Crippen molar-refractivity contribution >= 4 is 11.3 Å². The van der Waals surface area contributed by atoms with Crippen LogP contribution in [0, 0.1) is 0 Å². The number of thiophene rings is 1. The quantitative estimate of drug-likeness (QED) is 0.811. The Labute approximate surface area is 113 Å². The minimum absolute atomic E-state index is 0.0266. The van der Waals surface area contributed by atoms with Gasteiger partial charge in [-0.05, 0) is 24.3 Å². The molecule has 1 fully saturated rings. The number of alkyl halides is 3. The van der Waals surface area contributed by atoms with Crippen LogP contribution in [0.15, 0.2) is 17.5 Å². The lowest BCUT2D eigenvalue weighted by molar-refractivity contribution is -0.167. The van der Waals surface area contributed by atoms with Crippen LogP contribution in [-0.2, 0) is 11.3 Å². The molecule has 1 heterocycles. The van der Waals surface area contributed by atoms with E-state index in [1.165, 1.54) is 11.3 Å². The summed E-state index contributed by atoms with van der Waals surface area (Å²) in [4.78, 5) is 1.02. The molecule has 0 aliphatic heterocycles. The summed E-state index contributed by atoms with van der Waals surface area (Å²) in [6, 6.07) is 3.79. The van der Waals surface area contributed by atoms with E-state index < -0.39 is 17.8 Å². The topological polar surface area (TPSA) is 41.5 Å². The molecule has 2 N–H and O–H groups in total. The third-order valence-electron chi connectivity index (χ3n) is 3.10. The zero-order chi connectivity index (χ0) is 13.9. The van der Waals surface area contributed by atoms with E-state index in [2.05, 4.69) is 5.32 Å². The number of halogens is 3. The van der Waals surface area contributed by atoms with Gasteiger partial charge in [0.05, 0.1) is 19.3 Å². The molecule has 0 spiro atoms. The highest BCUT2D eigenvalue weighted by atomic mass is 32.1. The number of ether oxygens (including phenoxy) is 1. The zero-order valence-corrected chi connectivity index (χ0v) is 11.1. The number of nitrogens with one attached hydrogen (secondary N) is 1. The molecule has 19 heavy (non-hydrogen) atoms. The van der Waals surface area contributed by atoms with Crippen LogP contribution in [0.5, 0.6) is 0 Å². The van der Waals surface area contributed by atoms with Gasteiger partial charge >= 0.3 is 6.18 Å². The fraction of sp³-hybridized carbons (Fsp3) is 0.667. The first-order valence-corrected chi connectivity index (χ1v) is 6.91. The molecular formula is C12H16F3NO2S. The summed E-state index contributed by atoms with van der Waals surface area (Å²) < 4.78 is 43.1. The number of hydrogen-bond acceptors (Lipinski definition) is 4. The van der Waals surface area contributed by atoms with Gasteiger partial charge in [0.1, 0.15) is 5.54 Å². The minimum atomic E-state index is -4.25. The van der Waals surface area contributed by atoms with E-state index in [1.807, 2.05) is 17.5 Å². The van der Waals surface area contributed by atoms with E-state index in [9.17, 15) is 18.3 Å². The second-order valence-electron chi connectivity index (χ2n) is 4.71. The van der Waals surface area contributed by atoms with Gasteiger partial charge in [0.2, 0.25) is 0 Å². The number of aliphatic hydroxyl groups is 1. The predicted octanol–water partition coefficient (Wildman–Crippen LogP) is 2.31.